The molecule has 2 aromatic rings. The number of carboxylic acid groups (broad SMARTS) is 1. The van der Waals surface area contributed by atoms with Gasteiger partial charge in [0.25, 0.3) is 0 Å². The topological polar surface area (TPSA) is 105 Å². The first-order valence-electron chi connectivity index (χ1n) is 12.0. The maximum Gasteiger partial charge on any atom is 0.407 e. The van der Waals surface area contributed by atoms with Crippen LogP contribution in [0.3, 0.4) is 0 Å². The van der Waals surface area contributed by atoms with Crippen molar-refractivity contribution >= 4 is 18.0 Å². The molecular formula is C27H32N2O5. The summed E-state index contributed by atoms with van der Waals surface area (Å²) in [7, 11) is 0. The van der Waals surface area contributed by atoms with E-state index in [-0.39, 0.29) is 18.4 Å². The van der Waals surface area contributed by atoms with Gasteiger partial charge in [-0.1, -0.05) is 68.3 Å². The molecule has 1 saturated carbocycles. The van der Waals surface area contributed by atoms with Crippen molar-refractivity contribution in [3.8, 4) is 11.1 Å². The molecule has 2 aliphatic rings. The second-order valence-electron chi connectivity index (χ2n) is 9.49. The number of carbonyl (C=O) groups excluding carboxylic acids is 2. The summed E-state index contributed by atoms with van der Waals surface area (Å²) >= 11 is 0. The van der Waals surface area contributed by atoms with Gasteiger partial charge in [-0.05, 0) is 48.4 Å². The smallest absolute Gasteiger partial charge is 0.407 e. The van der Waals surface area contributed by atoms with Gasteiger partial charge in [-0.2, -0.15) is 0 Å². The molecule has 7 heteroatoms. The number of hydrogen-bond donors (Lipinski definition) is 3. The van der Waals surface area contributed by atoms with Crippen LogP contribution in [0, 0.1) is 5.41 Å². The number of carbonyl (C=O) groups is 3. The van der Waals surface area contributed by atoms with E-state index in [1.165, 1.54) is 0 Å². The fraction of sp³-hybridized carbons (Fsp3) is 0.444. The van der Waals surface area contributed by atoms with Gasteiger partial charge in [0, 0.05) is 12.0 Å². The zero-order valence-corrected chi connectivity index (χ0v) is 19.7. The molecule has 3 unspecified atom stereocenters. The van der Waals surface area contributed by atoms with Gasteiger partial charge in [-0.25, -0.2) is 9.59 Å². The number of amides is 2. The van der Waals surface area contributed by atoms with Gasteiger partial charge < -0.3 is 20.5 Å². The van der Waals surface area contributed by atoms with Crippen LogP contribution in [-0.2, 0) is 14.3 Å². The van der Waals surface area contributed by atoms with Crippen molar-refractivity contribution in [2.45, 2.75) is 64.0 Å². The maximum atomic E-state index is 13.0. The van der Waals surface area contributed by atoms with Crippen LogP contribution >= 0.6 is 0 Å². The predicted octanol–water partition coefficient (Wildman–Crippen LogP) is 4.45. The number of hydrogen-bond acceptors (Lipinski definition) is 4. The molecule has 0 saturated heterocycles. The summed E-state index contributed by atoms with van der Waals surface area (Å²) in [4.78, 5) is 37.3. The Bertz CT molecular complexity index is 1040. The number of carboxylic acids is 1. The van der Waals surface area contributed by atoms with E-state index in [2.05, 4.69) is 34.9 Å². The molecule has 0 aliphatic heterocycles. The zero-order chi connectivity index (χ0) is 24.3. The summed E-state index contributed by atoms with van der Waals surface area (Å²) in [6.07, 6.45) is 2.43. The highest BCUT2D eigenvalue weighted by Gasteiger charge is 2.47. The fourth-order valence-electron chi connectivity index (χ4n) is 5.32. The summed E-state index contributed by atoms with van der Waals surface area (Å²) in [5, 5.41) is 15.0. The number of alkyl carbamates (subject to hydrolysis) is 1. The third kappa shape index (κ3) is 4.52. The van der Waals surface area contributed by atoms with Gasteiger partial charge >= 0.3 is 12.1 Å². The lowest BCUT2D eigenvalue weighted by Crippen LogP contribution is -2.54. The lowest BCUT2D eigenvalue weighted by Gasteiger charge is -2.32. The molecule has 4 rings (SSSR count). The third-order valence-corrected chi connectivity index (χ3v) is 7.29. The van der Waals surface area contributed by atoms with Crippen LogP contribution in [0.2, 0.25) is 0 Å². The second-order valence-corrected chi connectivity index (χ2v) is 9.49. The van der Waals surface area contributed by atoms with Crippen molar-refractivity contribution in [1.82, 2.24) is 10.6 Å². The van der Waals surface area contributed by atoms with Gasteiger partial charge in [0.15, 0.2) is 0 Å². The molecule has 3 atom stereocenters. The molecule has 34 heavy (non-hydrogen) atoms. The summed E-state index contributed by atoms with van der Waals surface area (Å²) in [6, 6.07) is 14.9. The molecule has 0 spiro atoms. The first kappa shape index (κ1) is 23.8. The second kappa shape index (κ2) is 9.87. The van der Waals surface area contributed by atoms with E-state index in [4.69, 9.17) is 4.74 Å². The van der Waals surface area contributed by atoms with Gasteiger partial charge in [-0.15, -0.1) is 0 Å². The van der Waals surface area contributed by atoms with Crippen molar-refractivity contribution in [2.75, 3.05) is 6.61 Å². The Labute approximate surface area is 199 Å². The number of rotatable bonds is 8. The van der Waals surface area contributed by atoms with E-state index >= 15 is 0 Å². The number of nitrogens with one attached hydrogen (secondary N) is 2. The van der Waals surface area contributed by atoms with Gasteiger partial charge in [0.05, 0.1) is 5.41 Å². The molecule has 180 valence electrons. The van der Waals surface area contributed by atoms with Gasteiger partial charge in [0.2, 0.25) is 5.91 Å². The average Bonchev–Trinajstić information content (AvgIpc) is 3.36. The van der Waals surface area contributed by atoms with E-state index in [0.717, 1.165) is 28.7 Å². The minimum Gasteiger partial charge on any atom is -0.480 e. The maximum absolute atomic E-state index is 13.0. The van der Waals surface area contributed by atoms with Crippen LogP contribution in [0.5, 0.6) is 0 Å². The van der Waals surface area contributed by atoms with Crippen LogP contribution in [-0.4, -0.2) is 41.8 Å². The van der Waals surface area contributed by atoms with Crippen LogP contribution in [0.15, 0.2) is 48.5 Å². The summed E-state index contributed by atoms with van der Waals surface area (Å²) in [5.41, 5.74) is 3.71. The van der Waals surface area contributed by atoms with Crippen LogP contribution < -0.4 is 10.6 Å². The molecule has 0 aromatic heterocycles. The van der Waals surface area contributed by atoms with E-state index in [9.17, 15) is 19.5 Å². The number of benzene rings is 2. The molecule has 2 amide bonds. The first-order chi connectivity index (χ1) is 16.3. The highest BCUT2D eigenvalue weighted by molar-refractivity contribution is 5.88. The van der Waals surface area contributed by atoms with Crippen molar-refractivity contribution < 1.29 is 24.2 Å². The van der Waals surface area contributed by atoms with Gasteiger partial charge in [0.1, 0.15) is 12.6 Å². The lowest BCUT2D eigenvalue weighted by molar-refractivity contribution is -0.144. The van der Waals surface area contributed by atoms with E-state index in [1.54, 1.807) is 6.92 Å². The Morgan fingerprint density at radius 1 is 1.09 bits per heavy atom. The van der Waals surface area contributed by atoms with Crippen LogP contribution in [0.4, 0.5) is 4.79 Å². The van der Waals surface area contributed by atoms with Crippen LogP contribution in [0.1, 0.15) is 63.0 Å². The Hall–Kier alpha value is -3.35. The SMILES string of the molecule is CCCC(NC(=O)C1(C)CCCC1NC(=O)OCC1c2ccccc2-c2ccccc21)C(=O)O. The molecule has 0 radical (unpaired) electrons. The Morgan fingerprint density at radius 2 is 1.71 bits per heavy atom. The third-order valence-electron chi connectivity index (χ3n) is 7.29. The van der Waals surface area contributed by atoms with E-state index < -0.39 is 29.6 Å². The number of ether oxygens (including phenoxy) is 1. The Kier molecular flexibility index (Phi) is 6.91. The molecule has 1 fully saturated rings. The molecular weight excluding hydrogens is 432 g/mol. The monoisotopic (exact) mass is 464 g/mol. The van der Waals surface area contributed by atoms with Crippen molar-refractivity contribution in [3.05, 3.63) is 59.7 Å². The average molecular weight is 465 g/mol. The first-order valence-corrected chi connectivity index (χ1v) is 12.0. The van der Waals surface area contributed by atoms with Crippen molar-refractivity contribution in [1.29, 1.82) is 0 Å². The van der Waals surface area contributed by atoms with Crippen molar-refractivity contribution in [2.24, 2.45) is 5.41 Å². The quantitative estimate of drug-likeness (QED) is 0.535. The highest BCUT2D eigenvalue weighted by atomic mass is 16.5. The standard InChI is InChI=1S/C27H32N2O5/c1-3-9-22(24(30)31)28-25(32)27(2)15-8-14-23(27)29-26(33)34-16-21-19-12-6-4-10-17(19)18-11-5-7-13-20(18)21/h4-7,10-13,21-23H,3,8-9,14-16H2,1-2H3,(H,28,32)(H,29,33)(H,30,31). The van der Waals surface area contributed by atoms with E-state index in [0.29, 0.717) is 25.7 Å². The molecule has 0 heterocycles. The summed E-state index contributed by atoms with van der Waals surface area (Å²) in [5.74, 6) is -1.42. The lowest BCUT2D eigenvalue weighted by atomic mass is 9.83. The van der Waals surface area contributed by atoms with Gasteiger partial charge in [-0.3, -0.25) is 4.79 Å². The number of aliphatic carboxylic acids is 1. The molecule has 0 bridgehead atoms. The molecule has 7 nitrogen and oxygen atoms in total. The summed E-state index contributed by atoms with van der Waals surface area (Å²) in [6.45, 7) is 3.86. The van der Waals surface area contributed by atoms with E-state index in [1.807, 2.05) is 31.2 Å². The predicted molar refractivity (Wildman–Crippen MR) is 128 cm³/mol. The molecule has 2 aromatic carbocycles. The largest absolute Gasteiger partial charge is 0.480 e. The highest BCUT2D eigenvalue weighted by Crippen LogP contribution is 2.44. The normalized spacial score (nSPS) is 21.9. The zero-order valence-electron chi connectivity index (χ0n) is 19.7. The summed E-state index contributed by atoms with van der Waals surface area (Å²) < 4.78 is 5.66. The minimum absolute atomic E-state index is 0.0400. The minimum atomic E-state index is -1.04. The number of fused-ring (bicyclic) bond motifs is 3. The molecule has 3 N–H and O–H groups in total. The Balaban J connectivity index is 1.40. The van der Waals surface area contributed by atoms with Crippen molar-refractivity contribution in [3.63, 3.8) is 0 Å². The Morgan fingerprint density at radius 3 is 2.29 bits per heavy atom. The van der Waals surface area contributed by atoms with Crippen LogP contribution in [0.25, 0.3) is 11.1 Å². The fourth-order valence-corrected chi connectivity index (χ4v) is 5.32. The molecule has 2 aliphatic carbocycles.